The molecule has 1 nitrogen and oxygen atoms in total. The molecule has 1 saturated carbocycles. The fourth-order valence-corrected chi connectivity index (χ4v) is 2.76. The molecule has 1 N–H and O–H groups in total. The van der Waals surface area contributed by atoms with Gasteiger partial charge in [0.25, 0.3) is 0 Å². The van der Waals surface area contributed by atoms with E-state index in [1.807, 2.05) is 0 Å². The van der Waals surface area contributed by atoms with Gasteiger partial charge in [0.1, 0.15) is 0 Å². The molecule has 0 saturated heterocycles. The highest BCUT2D eigenvalue weighted by Crippen LogP contribution is 2.23. The first-order valence-corrected chi connectivity index (χ1v) is 7.49. The Hall–Kier alpha value is -0.820. The monoisotopic (exact) mass is 245 g/mol. The maximum absolute atomic E-state index is 3.70. The Morgan fingerprint density at radius 2 is 1.89 bits per heavy atom. The average molecular weight is 245 g/mol. The van der Waals surface area contributed by atoms with E-state index in [0.717, 1.165) is 12.0 Å². The van der Waals surface area contributed by atoms with E-state index in [9.17, 15) is 0 Å². The van der Waals surface area contributed by atoms with Crippen LogP contribution in [0.1, 0.15) is 49.3 Å². The second kappa shape index (κ2) is 6.38. The van der Waals surface area contributed by atoms with Crippen LogP contribution in [0.4, 0.5) is 0 Å². The molecule has 0 amide bonds. The molecule has 0 radical (unpaired) electrons. The highest BCUT2D eigenvalue weighted by Gasteiger charge is 2.22. The number of rotatable bonds is 7. The van der Waals surface area contributed by atoms with Crippen molar-refractivity contribution in [3.05, 3.63) is 34.9 Å². The van der Waals surface area contributed by atoms with Crippen LogP contribution in [0.25, 0.3) is 0 Å². The summed E-state index contributed by atoms with van der Waals surface area (Å²) in [6.45, 7) is 8.00. The van der Waals surface area contributed by atoms with Crippen LogP contribution in [0.2, 0.25) is 0 Å². The molecule has 1 aromatic rings. The van der Waals surface area contributed by atoms with Crippen LogP contribution in [-0.4, -0.2) is 12.6 Å². The van der Waals surface area contributed by atoms with Gasteiger partial charge in [0, 0.05) is 6.04 Å². The van der Waals surface area contributed by atoms with Crippen LogP contribution in [0, 0.1) is 19.8 Å². The Morgan fingerprint density at radius 1 is 1.22 bits per heavy atom. The maximum Gasteiger partial charge on any atom is 0.00683 e. The molecule has 0 aliphatic heterocycles. The molecule has 0 spiro atoms. The van der Waals surface area contributed by atoms with Gasteiger partial charge in [-0.2, -0.15) is 0 Å². The lowest BCUT2D eigenvalue weighted by Gasteiger charge is -2.19. The van der Waals surface area contributed by atoms with Crippen LogP contribution in [0.3, 0.4) is 0 Å². The van der Waals surface area contributed by atoms with Gasteiger partial charge >= 0.3 is 0 Å². The zero-order valence-corrected chi connectivity index (χ0v) is 12.1. The molecule has 18 heavy (non-hydrogen) atoms. The van der Waals surface area contributed by atoms with E-state index in [-0.39, 0.29) is 0 Å². The van der Waals surface area contributed by atoms with Gasteiger partial charge in [0.2, 0.25) is 0 Å². The van der Waals surface area contributed by atoms with Gasteiger partial charge in [-0.3, -0.25) is 0 Å². The fraction of sp³-hybridized carbons (Fsp3) is 0.647. The first kappa shape index (κ1) is 13.6. The van der Waals surface area contributed by atoms with Gasteiger partial charge < -0.3 is 5.32 Å². The largest absolute Gasteiger partial charge is 0.314 e. The lowest BCUT2D eigenvalue weighted by atomic mass is 9.90. The third-order valence-electron chi connectivity index (χ3n) is 4.11. The lowest BCUT2D eigenvalue weighted by molar-refractivity contribution is 0.436. The van der Waals surface area contributed by atoms with Crippen molar-refractivity contribution < 1.29 is 0 Å². The predicted molar refractivity (Wildman–Crippen MR) is 79.0 cm³/mol. The van der Waals surface area contributed by atoms with Crippen molar-refractivity contribution in [3.8, 4) is 0 Å². The Balaban J connectivity index is 1.97. The van der Waals surface area contributed by atoms with E-state index in [4.69, 9.17) is 0 Å². The minimum Gasteiger partial charge on any atom is -0.314 e. The number of hydrogen-bond donors (Lipinski definition) is 1. The van der Waals surface area contributed by atoms with Crippen molar-refractivity contribution in [2.75, 3.05) is 6.54 Å². The standard InChI is InChI=1S/C17H27N/c1-4-6-15(12-18-16-9-10-16)11-17-13(2)7-5-8-14(17)3/h5,7-8,15-16,18H,4,6,9-12H2,1-3H3. The summed E-state index contributed by atoms with van der Waals surface area (Å²) in [4.78, 5) is 0. The molecule has 1 atom stereocenters. The van der Waals surface area contributed by atoms with Crippen LogP contribution in [0.15, 0.2) is 18.2 Å². The van der Waals surface area contributed by atoms with Crippen molar-refractivity contribution in [3.63, 3.8) is 0 Å². The topological polar surface area (TPSA) is 12.0 Å². The summed E-state index contributed by atoms with van der Waals surface area (Å²) in [5.41, 5.74) is 4.50. The SMILES string of the molecule is CCCC(CNC1CC1)Cc1c(C)cccc1C. The number of benzene rings is 1. The first-order chi connectivity index (χ1) is 8.70. The second-order valence-corrected chi connectivity index (χ2v) is 5.91. The van der Waals surface area contributed by atoms with Gasteiger partial charge in [-0.15, -0.1) is 0 Å². The number of aryl methyl sites for hydroxylation is 2. The zero-order chi connectivity index (χ0) is 13.0. The number of nitrogens with one attached hydrogen (secondary N) is 1. The number of hydrogen-bond acceptors (Lipinski definition) is 1. The minimum absolute atomic E-state index is 0.801. The molecule has 1 aromatic carbocycles. The lowest BCUT2D eigenvalue weighted by Crippen LogP contribution is -2.26. The predicted octanol–water partition coefficient (Wildman–Crippen LogP) is 4.01. The highest BCUT2D eigenvalue weighted by atomic mass is 14.9. The first-order valence-electron chi connectivity index (χ1n) is 7.49. The molecule has 1 fully saturated rings. The normalized spacial score (nSPS) is 16.8. The van der Waals surface area contributed by atoms with Crippen LogP contribution < -0.4 is 5.32 Å². The van der Waals surface area contributed by atoms with Gasteiger partial charge in [-0.25, -0.2) is 0 Å². The Morgan fingerprint density at radius 3 is 2.44 bits per heavy atom. The van der Waals surface area contributed by atoms with Crippen LogP contribution in [0.5, 0.6) is 0 Å². The fourth-order valence-electron chi connectivity index (χ4n) is 2.76. The van der Waals surface area contributed by atoms with E-state index < -0.39 is 0 Å². The Kier molecular flexibility index (Phi) is 4.82. The van der Waals surface area contributed by atoms with Gasteiger partial charge in [-0.05, 0) is 68.7 Å². The summed E-state index contributed by atoms with van der Waals surface area (Å²) in [6.07, 6.45) is 6.66. The molecule has 1 aliphatic rings. The van der Waals surface area contributed by atoms with Crippen molar-refractivity contribution in [1.29, 1.82) is 0 Å². The minimum atomic E-state index is 0.801. The summed E-state index contributed by atoms with van der Waals surface area (Å²) in [6, 6.07) is 7.51. The van der Waals surface area contributed by atoms with Gasteiger partial charge in [0.15, 0.2) is 0 Å². The maximum atomic E-state index is 3.70. The molecule has 2 rings (SSSR count). The van der Waals surface area contributed by atoms with E-state index in [1.165, 1.54) is 49.8 Å². The smallest absolute Gasteiger partial charge is 0.00683 e. The van der Waals surface area contributed by atoms with E-state index >= 15 is 0 Å². The molecule has 0 bridgehead atoms. The molecule has 0 aromatic heterocycles. The Labute approximate surface area is 112 Å². The summed E-state index contributed by atoms with van der Waals surface area (Å²) in [5.74, 6) is 0.801. The molecule has 1 aliphatic carbocycles. The zero-order valence-electron chi connectivity index (χ0n) is 12.1. The molecular weight excluding hydrogens is 218 g/mol. The average Bonchev–Trinajstić information content (AvgIpc) is 3.15. The Bertz CT molecular complexity index is 359. The summed E-state index contributed by atoms with van der Waals surface area (Å²) in [5, 5.41) is 3.70. The highest BCUT2D eigenvalue weighted by molar-refractivity contribution is 5.33. The van der Waals surface area contributed by atoms with Gasteiger partial charge in [0.05, 0.1) is 0 Å². The third kappa shape index (κ3) is 3.84. The van der Waals surface area contributed by atoms with Crippen molar-refractivity contribution >= 4 is 0 Å². The van der Waals surface area contributed by atoms with Crippen LogP contribution in [-0.2, 0) is 6.42 Å². The molecule has 100 valence electrons. The molecular formula is C17H27N. The summed E-state index contributed by atoms with van der Waals surface area (Å²) < 4.78 is 0. The van der Waals surface area contributed by atoms with Crippen LogP contribution >= 0.6 is 0 Å². The quantitative estimate of drug-likeness (QED) is 0.765. The van der Waals surface area contributed by atoms with E-state index in [2.05, 4.69) is 44.3 Å². The second-order valence-electron chi connectivity index (χ2n) is 5.91. The molecule has 1 unspecified atom stereocenters. The van der Waals surface area contributed by atoms with E-state index in [0.29, 0.717) is 0 Å². The van der Waals surface area contributed by atoms with Gasteiger partial charge in [-0.1, -0.05) is 31.5 Å². The van der Waals surface area contributed by atoms with E-state index in [1.54, 1.807) is 5.56 Å². The summed E-state index contributed by atoms with van der Waals surface area (Å²) >= 11 is 0. The van der Waals surface area contributed by atoms with Crippen molar-refractivity contribution in [1.82, 2.24) is 5.32 Å². The third-order valence-corrected chi connectivity index (χ3v) is 4.11. The summed E-state index contributed by atoms with van der Waals surface area (Å²) in [7, 11) is 0. The molecule has 1 heteroatoms. The van der Waals surface area contributed by atoms with Crippen molar-refractivity contribution in [2.45, 2.75) is 58.9 Å². The molecule has 0 heterocycles. The van der Waals surface area contributed by atoms with Crippen molar-refractivity contribution in [2.24, 2.45) is 5.92 Å².